The van der Waals surface area contributed by atoms with E-state index in [1.807, 2.05) is 0 Å². The first-order chi connectivity index (χ1) is 5.43. The summed E-state index contributed by atoms with van der Waals surface area (Å²) in [6.07, 6.45) is 7.43. The SMILES string of the molecule is CCCCCCC1NCCN1. The van der Waals surface area contributed by atoms with E-state index in [0.29, 0.717) is 6.17 Å². The molecule has 0 spiro atoms. The summed E-state index contributed by atoms with van der Waals surface area (Å²) in [5.41, 5.74) is 0. The average molecular weight is 156 g/mol. The molecule has 1 aliphatic heterocycles. The predicted octanol–water partition coefficient (Wildman–Crippen LogP) is 1.48. The van der Waals surface area contributed by atoms with E-state index in [-0.39, 0.29) is 0 Å². The summed E-state index contributed by atoms with van der Waals surface area (Å²) in [6.45, 7) is 4.56. The lowest BCUT2D eigenvalue weighted by molar-refractivity contribution is 0.479. The molecule has 1 saturated heterocycles. The van der Waals surface area contributed by atoms with Crippen LogP contribution in [0.15, 0.2) is 0 Å². The van der Waals surface area contributed by atoms with Gasteiger partial charge >= 0.3 is 0 Å². The van der Waals surface area contributed by atoms with Gasteiger partial charge in [-0.25, -0.2) is 0 Å². The van der Waals surface area contributed by atoms with Crippen LogP contribution in [0.5, 0.6) is 0 Å². The Bertz CT molecular complexity index is 87.6. The highest BCUT2D eigenvalue weighted by atomic mass is 15.2. The molecule has 0 aromatic carbocycles. The van der Waals surface area contributed by atoms with Gasteiger partial charge in [-0.3, -0.25) is 0 Å². The van der Waals surface area contributed by atoms with Gasteiger partial charge in [-0.15, -0.1) is 0 Å². The molecular formula is C9H20N2. The summed E-state index contributed by atoms with van der Waals surface area (Å²) >= 11 is 0. The van der Waals surface area contributed by atoms with Crippen LogP contribution in [0.4, 0.5) is 0 Å². The molecule has 0 aromatic heterocycles. The van der Waals surface area contributed by atoms with E-state index in [0.717, 1.165) is 13.1 Å². The first-order valence-electron chi connectivity index (χ1n) is 4.90. The normalized spacial score (nSPS) is 19.4. The van der Waals surface area contributed by atoms with Crippen LogP contribution in [0.25, 0.3) is 0 Å². The van der Waals surface area contributed by atoms with Gasteiger partial charge in [0.05, 0.1) is 6.17 Å². The summed E-state index contributed by atoms with van der Waals surface area (Å²) in [4.78, 5) is 0. The molecule has 1 fully saturated rings. The van der Waals surface area contributed by atoms with Gasteiger partial charge in [-0.05, 0) is 6.42 Å². The first kappa shape index (κ1) is 9.01. The molecule has 0 bridgehead atoms. The van der Waals surface area contributed by atoms with Crippen LogP contribution < -0.4 is 10.6 Å². The Labute approximate surface area is 69.8 Å². The van der Waals surface area contributed by atoms with Crippen molar-refractivity contribution >= 4 is 0 Å². The molecular weight excluding hydrogens is 136 g/mol. The minimum Gasteiger partial charge on any atom is -0.301 e. The van der Waals surface area contributed by atoms with Crippen molar-refractivity contribution in [3.8, 4) is 0 Å². The summed E-state index contributed by atoms with van der Waals surface area (Å²) in [7, 11) is 0. The highest BCUT2D eigenvalue weighted by Gasteiger charge is 2.10. The van der Waals surface area contributed by atoms with Gasteiger partial charge < -0.3 is 10.6 Å². The Balaban J connectivity index is 1.86. The Morgan fingerprint density at radius 1 is 1.09 bits per heavy atom. The Hall–Kier alpha value is -0.0800. The standard InChI is InChI=1S/C9H20N2/c1-2-3-4-5-6-9-10-7-8-11-9/h9-11H,2-8H2,1H3. The zero-order valence-electron chi connectivity index (χ0n) is 7.53. The van der Waals surface area contributed by atoms with Crippen molar-refractivity contribution in [2.45, 2.75) is 45.2 Å². The molecule has 0 atom stereocenters. The zero-order chi connectivity index (χ0) is 7.94. The third kappa shape index (κ3) is 3.73. The molecule has 2 heteroatoms. The van der Waals surface area contributed by atoms with Crippen molar-refractivity contribution in [3.05, 3.63) is 0 Å². The van der Waals surface area contributed by atoms with Crippen LogP contribution in [-0.4, -0.2) is 19.3 Å². The lowest BCUT2D eigenvalue weighted by atomic mass is 10.1. The van der Waals surface area contributed by atoms with Crippen LogP contribution in [0.1, 0.15) is 39.0 Å². The topological polar surface area (TPSA) is 24.1 Å². The monoisotopic (exact) mass is 156 g/mol. The molecule has 0 amide bonds. The molecule has 1 heterocycles. The Morgan fingerprint density at radius 2 is 1.82 bits per heavy atom. The van der Waals surface area contributed by atoms with Crippen LogP contribution in [0.2, 0.25) is 0 Å². The Kier molecular flexibility index (Phi) is 4.55. The maximum atomic E-state index is 3.42. The lowest BCUT2D eigenvalue weighted by Gasteiger charge is -2.09. The van der Waals surface area contributed by atoms with Gasteiger partial charge in [0.15, 0.2) is 0 Å². The van der Waals surface area contributed by atoms with E-state index in [4.69, 9.17) is 0 Å². The summed E-state index contributed by atoms with van der Waals surface area (Å²) in [5, 5.41) is 6.84. The highest BCUT2D eigenvalue weighted by Crippen LogP contribution is 2.05. The first-order valence-corrected chi connectivity index (χ1v) is 4.90. The van der Waals surface area contributed by atoms with Crippen molar-refractivity contribution in [2.75, 3.05) is 13.1 Å². The average Bonchev–Trinajstić information content (AvgIpc) is 2.50. The van der Waals surface area contributed by atoms with E-state index in [2.05, 4.69) is 17.6 Å². The fraction of sp³-hybridized carbons (Fsp3) is 1.00. The molecule has 66 valence electrons. The predicted molar refractivity (Wildman–Crippen MR) is 48.6 cm³/mol. The van der Waals surface area contributed by atoms with Gasteiger partial charge in [-0.1, -0.05) is 32.6 Å². The van der Waals surface area contributed by atoms with Gasteiger partial charge in [0.2, 0.25) is 0 Å². The van der Waals surface area contributed by atoms with Gasteiger partial charge in [-0.2, -0.15) is 0 Å². The summed E-state index contributed by atoms with van der Waals surface area (Å²) in [5.74, 6) is 0. The van der Waals surface area contributed by atoms with Crippen molar-refractivity contribution in [2.24, 2.45) is 0 Å². The van der Waals surface area contributed by atoms with Gasteiger partial charge in [0.25, 0.3) is 0 Å². The zero-order valence-corrected chi connectivity index (χ0v) is 7.53. The summed E-state index contributed by atoms with van der Waals surface area (Å²) in [6, 6.07) is 0. The fourth-order valence-electron chi connectivity index (χ4n) is 1.54. The van der Waals surface area contributed by atoms with Crippen molar-refractivity contribution in [1.82, 2.24) is 10.6 Å². The molecule has 1 aliphatic rings. The number of hydrogen-bond donors (Lipinski definition) is 2. The molecule has 0 radical (unpaired) electrons. The molecule has 1 rings (SSSR count). The molecule has 11 heavy (non-hydrogen) atoms. The minimum absolute atomic E-state index is 0.617. The van der Waals surface area contributed by atoms with Crippen molar-refractivity contribution in [1.29, 1.82) is 0 Å². The van der Waals surface area contributed by atoms with Crippen molar-refractivity contribution < 1.29 is 0 Å². The second kappa shape index (κ2) is 5.56. The van der Waals surface area contributed by atoms with E-state index in [9.17, 15) is 0 Å². The number of hydrogen-bond acceptors (Lipinski definition) is 2. The Morgan fingerprint density at radius 3 is 2.45 bits per heavy atom. The van der Waals surface area contributed by atoms with Gasteiger partial charge in [0, 0.05) is 13.1 Å². The maximum absolute atomic E-state index is 3.42. The van der Waals surface area contributed by atoms with Crippen LogP contribution in [0.3, 0.4) is 0 Å². The van der Waals surface area contributed by atoms with Crippen LogP contribution in [0, 0.1) is 0 Å². The molecule has 0 saturated carbocycles. The van der Waals surface area contributed by atoms with E-state index in [1.54, 1.807) is 0 Å². The van der Waals surface area contributed by atoms with E-state index < -0.39 is 0 Å². The minimum atomic E-state index is 0.617. The molecule has 0 aromatic rings. The quantitative estimate of drug-likeness (QED) is 0.589. The number of rotatable bonds is 5. The van der Waals surface area contributed by atoms with E-state index in [1.165, 1.54) is 32.1 Å². The van der Waals surface area contributed by atoms with Gasteiger partial charge in [0.1, 0.15) is 0 Å². The smallest absolute Gasteiger partial charge is 0.0572 e. The third-order valence-corrected chi connectivity index (χ3v) is 2.25. The molecule has 0 unspecified atom stereocenters. The van der Waals surface area contributed by atoms with Crippen molar-refractivity contribution in [3.63, 3.8) is 0 Å². The van der Waals surface area contributed by atoms with Crippen LogP contribution in [-0.2, 0) is 0 Å². The molecule has 2 nitrogen and oxygen atoms in total. The fourth-order valence-corrected chi connectivity index (χ4v) is 1.54. The number of nitrogens with one attached hydrogen (secondary N) is 2. The maximum Gasteiger partial charge on any atom is 0.0572 e. The second-order valence-electron chi connectivity index (χ2n) is 3.31. The second-order valence-corrected chi connectivity index (χ2v) is 3.31. The van der Waals surface area contributed by atoms with Crippen LogP contribution >= 0.6 is 0 Å². The highest BCUT2D eigenvalue weighted by molar-refractivity contribution is 4.71. The lowest BCUT2D eigenvalue weighted by Crippen LogP contribution is -2.30. The number of unbranched alkanes of at least 4 members (excludes halogenated alkanes) is 3. The summed E-state index contributed by atoms with van der Waals surface area (Å²) < 4.78 is 0. The molecule has 2 N–H and O–H groups in total. The van der Waals surface area contributed by atoms with E-state index >= 15 is 0 Å². The third-order valence-electron chi connectivity index (χ3n) is 2.25. The molecule has 0 aliphatic carbocycles. The largest absolute Gasteiger partial charge is 0.301 e.